The van der Waals surface area contributed by atoms with Crippen LogP contribution in [-0.4, -0.2) is 24.6 Å². The number of benzene rings is 1. The van der Waals surface area contributed by atoms with E-state index in [2.05, 4.69) is 4.99 Å². The first-order valence-electron chi connectivity index (χ1n) is 6.06. The predicted octanol–water partition coefficient (Wildman–Crippen LogP) is 2.33. The summed E-state index contributed by atoms with van der Waals surface area (Å²) in [5, 5.41) is 0. The van der Waals surface area contributed by atoms with Crippen LogP contribution in [-0.2, 0) is 16.0 Å². The zero-order valence-corrected chi connectivity index (χ0v) is 10.5. The second-order valence-electron chi connectivity index (χ2n) is 4.04. The minimum atomic E-state index is -0.899. The van der Waals surface area contributed by atoms with Crippen LogP contribution in [0.3, 0.4) is 0 Å². The molecule has 0 spiro atoms. The van der Waals surface area contributed by atoms with E-state index in [-0.39, 0.29) is 12.4 Å². The Morgan fingerprint density at radius 3 is 2.83 bits per heavy atom. The Kier molecular flexibility index (Phi) is 3.55. The zero-order chi connectivity index (χ0) is 13.1. The molecule has 4 heteroatoms. The predicted molar refractivity (Wildman–Crippen MR) is 68.4 cm³/mol. The molecule has 1 aliphatic heterocycles. The van der Waals surface area contributed by atoms with Gasteiger partial charge >= 0.3 is 5.97 Å². The highest BCUT2D eigenvalue weighted by Crippen LogP contribution is 2.30. The number of nitrogens with zero attached hydrogens (tertiary/aromatic N) is 1. The van der Waals surface area contributed by atoms with Crippen LogP contribution in [0.1, 0.15) is 29.8 Å². The monoisotopic (exact) mass is 245 g/mol. The minimum absolute atomic E-state index is 0.228. The van der Waals surface area contributed by atoms with E-state index in [1.807, 2.05) is 19.1 Å². The van der Waals surface area contributed by atoms with Gasteiger partial charge in [0.1, 0.15) is 0 Å². The summed E-state index contributed by atoms with van der Waals surface area (Å²) >= 11 is 0. The molecule has 1 aliphatic rings. The van der Waals surface area contributed by atoms with Gasteiger partial charge in [-0.3, -0.25) is 14.6 Å². The lowest BCUT2D eigenvalue weighted by molar-refractivity contribution is -0.143. The van der Waals surface area contributed by atoms with Crippen molar-refractivity contribution in [2.45, 2.75) is 20.3 Å². The van der Waals surface area contributed by atoms with Gasteiger partial charge in [0.05, 0.1) is 12.3 Å². The van der Waals surface area contributed by atoms with Gasteiger partial charge < -0.3 is 4.74 Å². The number of rotatable bonds is 3. The van der Waals surface area contributed by atoms with Crippen LogP contribution in [0, 0.1) is 5.92 Å². The fourth-order valence-corrected chi connectivity index (χ4v) is 2.01. The molecule has 0 N–H and O–H groups in total. The van der Waals surface area contributed by atoms with Gasteiger partial charge in [-0.05, 0) is 25.0 Å². The first-order valence-corrected chi connectivity index (χ1v) is 6.06. The molecule has 0 saturated heterocycles. The highest BCUT2D eigenvalue weighted by Gasteiger charge is 2.32. The van der Waals surface area contributed by atoms with Gasteiger partial charge in [-0.15, -0.1) is 0 Å². The number of aryl methyl sites for hydroxylation is 1. The number of hydrogen-bond donors (Lipinski definition) is 0. The van der Waals surface area contributed by atoms with E-state index in [9.17, 15) is 9.59 Å². The van der Waals surface area contributed by atoms with Crippen molar-refractivity contribution in [1.82, 2.24) is 0 Å². The molecule has 94 valence electrons. The van der Waals surface area contributed by atoms with Crippen molar-refractivity contribution in [2.24, 2.45) is 10.9 Å². The van der Waals surface area contributed by atoms with Crippen LogP contribution in [0.15, 0.2) is 23.2 Å². The van der Waals surface area contributed by atoms with E-state index in [4.69, 9.17) is 4.74 Å². The number of ketones is 1. The first kappa shape index (κ1) is 12.5. The second-order valence-corrected chi connectivity index (χ2v) is 4.04. The molecule has 1 unspecified atom stereocenters. The zero-order valence-electron chi connectivity index (χ0n) is 10.5. The summed E-state index contributed by atoms with van der Waals surface area (Å²) in [7, 11) is 0. The van der Waals surface area contributed by atoms with Crippen molar-refractivity contribution in [3.63, 3.8) is 0 Å². The quantitative estimate of drug-likeness (QED) is 0.606. The average Bonchev–Trinajstić information content (AvgIpc) is 2.39. The summed E-state index contributed by atoms with van der Waals surface area (Å²) in [6, 6.07) is 5.46. The molecule has 1 aromatic rings. The van der Waals surface area contributed by atoms with Gasteiger partial charge in [0.25, 0.3) is 0 Å². The normalized spacial score (nSPS) is 17.4. The summed E-state index contributed by atoms with van der Waals surface area (Å²) in [5.41, 5.74) is 2.21. The van der Waals surface area contributed by atoms with E-state index in [0.29, 0.717) is 11.3 Å². The Bertz CT molecular complexity index is 520. The SMILES string of the molecule is CCOC(=O)C1C=Nc2c(CC)cccc2C1=O. The lowest BCUT2D eigenvalue weighted by atomic mass is 9.92. The fraction of sp³-hybridized carbons (Fsp3) is 0.357. The topological polar surface area (TPSA) is 55.7 Å². The Balaban J connectivity index is 2.38. The van der Waals surface area contributed by atoms with Crippen molar-refractivity contribution in [3.05, 3.63) is 29.3 Å². The van der Waals surface area contributed by atoms with Gasteiger partial charge in [-0.25, -0.2) is 0 Å². The molecule has 1 aromatic carbocycles. The molecule has 0 fully saturated rings. The second kappa shape index (κ2) is 5.12. The molecule has 4 nitrogen and oxygen atoms in total. The Morgan fingerprint density at radius 1 is 1.39 bits per heavy atom. The number of carbonyl (C=O) groups is 2. The highest BCUT2D eigenvalue weighted by atomic mass is 16.5. The summed E-state index contributed by atoms with van der Waals surface area (Å²) < 4.78 is 4.87. The van der Waals surface area contributed by atoms with E-state index >= 15 is 0 Å². The third-order valence-electron chi connectivity index (χ3n) is 2.94. The summed E-state index contributed by atoms with van der Waals surface area (Å²) in [6.45, 7) is 3.98. The molecule has 0 amide bonds. The minimum Gasteiger partial charge on any atom is -0.465 e. The number of fused-ring (bicyclic) bond motifs is 1. The molecule has 2 rings (SSSR count). The Labute approximate surface area is 106 Å². The van der Waals surface area contributed by atoms with Gasteiger partial charge in [0.15, 0.2) is 11.7 Å². The molecule has 0 bridgehead atoms. The van der Waals surface area contributed by atoms with Crippen molar-refractivity contribution < 1.29 is 14.3 Å². The average molecular weight is 245 g/mol. The van der Waals surface area contributed by atoms with Gasteiger partial charge in [-0.1, -0.05) is 19.1 Å². The molecule has 18 heavy (non-hydrogen) atoms. The number of esters is 1. The van der Waals surface area contributed by atoms with Crippen LogP contribution < -0.4 is 0 Å². The number of ether oxygens (including phenoxy) is 1. The molecule has 0 radical (unpaired) electrons. The Hall–Kier alpha value is -1.97. The highest BCUT2D eigenvalue weighted by molar-refractivity contribution is 6.22. The molecular formula is C14H15NO3. The maximum atomic E-state index is 12.2. The van der Waals surface area contributed by atoms with Crippen molar-refractivity contribution >= 4 is 23.7 Å². The van der Waals surface area contributed by atoms with Crippen molar-refractivity contribution in [2.75, 3.05) is 6.61 Å². The summed E-state index contributed by atoms with van der Waals surface area (Å²) in [5.74, 6) is -1.66. The van der Waals surface area contributed by atoms with Gasteiger partial charge in [0, 0.05) is 11.8 Å². The number of para-hydroxylation sites is 1. The molecule has 1 atom stereocenters. The van der Waals surface area contributed by atoms with E-state index < -0.39 is 11.9 Å². The van der Waals surface area contributed by atoms with Crippen LogP contribution in [0.4, 0.5) is 5.69 Å². The van der Waals surface area contributed by atoms with Gasteiger partial charge in [0.2, 0.25) is 0 Å². The number of hydrogen-bond acceptors (Lipinski definition) is 4. The Morgan fingerprint density at radius 2 is 2.17 bits per heavy atom. The number of carbonyl (C=O) groups excluding carboxylic acids is 2. The largest absolute Gasteiger partial charge is 0.465 e. The number of aliphatic imine (C=N–C) groups is 1. The molecular weight excluding hydrogens is 230 g/mol. The van der Waals surface area contributed by atoms with Crippen LogP contribution >= 0.6 is 0 Å². The van der Waals surface area contributed by atoms with Crippen LogP contribution in [0.25, 0.3) is 0 Å². The van der Waals surface area contributed by atoms with E-state index in [0.717, 1.165) is 12.0 Å². The van der Waals surface area contributed by atoms with Crippen LogP contribution in [0.2, 0.25) is 0 Å². The lowest BCUT2D eigenvalue weighted by Crippen LogP contribution is -2.29. The maximum absolute atomic E-state index is 12.2. The summed E-state index contributed by atoms with van der Waals surface area (Å²) in [4.78, 5) is 28.1. The van der Waals surface area contributed by atoms with Crippen LogP contribution in [0.5, 0.6) is 0 Å². The standard InChI is InChI=1S/C14H15NO3/c1-3-9-6-5-7-10-12(9)15-8-11(13(10)16)14(17)18-4-2/h5-8,11H,3-4H2,1-2H3. The lowest BCUT2D eigenvalue weighted by Gasteiger charge is -2.17. The fourth-order valence-electron chi connectivity index (χ4n) is 2.01. The van der Waals surface area contributed by atoms with E-state index in [1.165, 1.54) is 6.21 Å². The smallest absolute Gasteiger partial charge is 0.322 e. The van der Waals surface area contributed by atoms with Gasteiger partial charge in [-0.2, -0.15) is 0 Å². The van der Waals surface area contributed by atoms with E-state index in [1.54, 1.807) is 13.0 Å². The molecule has 1 heterocycles. The maximum Gasteiger partial charge on any atom is 0.322 e. The first-order chi connectivity index (χ1) is 8.69. The van der Waals surface area contributed by atoms with Crippen molar-refractivity contribution in [3.8, 4) is 0 Å². The number of Topliss-reactive ketones (excluding diaryl/α,β-unsaturated/α-hetero) is 1. The molecule has 0 aromatic heterocycles. The van der Waals surface area contributed by atoms with Crippen molar-refractivity contribution in [1.29, 1.82) is 0 Å². The third kappa shape index (κ3) is 2.06. The summed E-state index contributed by atoms with van der Waals surface area (Å²) in [6.07, 6.45) is 2.19. The third-order valence-corrected chi connectivity index (χ3v) is 2.94. The molecule has 0 aliphatic carbocycles. The molecule has 0 saturated carbocycles.